The molecule has 2 bridgehead atoms. The number of nitrogens with zero attached hydrogens (tertiary/aromatic N) is 1. The van der Waals surface area contributed by atoms with Crippen LogP contribution in [0.25, 0.3) is 0 Å². The molecule has 2 atom stereocenters. The Labute approximate surface area is 95.0 Å². The summed E-state index contributed by atoms with van der Waals surface area (Å²) >= 11 is 0. The molecule has 0 aliphatic carbocycles. The summed E-state index contributed by atoms with van der Waals surface area (Å²) in [7, 11) is 0. The number of likely N-dealkylation sites (tertiary alicyclic amines) is 1. The number of H-pyrrole nitrogens is 1. The van der Waals surface area contributed by atoms with E-state index in [1.807, 2.05) is 17.0 Å². The van der Waals surface area contributed by atoms with E-state index in [1.54, 1.807) is 6.20 Å². The van der Waals surface area contributed by atoms with Crippen molar-refractivity contribution in [1.29, 1.82) is 0 Å². The predicted octanol–water partition coefficient (Wildman–Crippen LogP) is 0.981. The van der Waals surface area contributed by atoms with Crippen molar-refractivity contribution >= 4 is 5.91 Å². The van der Waals surface area contributed by atoms with Crippen LogP contribution in [0.3, 0.4) is 0 Å². The minimum atomic E-state index is 0.138. The molecular formula is C12H17N3O. The molecule has 1 aromatic rings. The van der Waals surface area contributed by atoms with Gasteiger partial charge in [0.05, 0.1) is 0 Å². The van der Waals surface area contributed by atoms with E-state index in [9.17, 15) is 4.79 Å². The fraction of sp³-hybridized carbons (Fsp3) is 0.583. The van der Waals surface area contributed by atoms with Crippen LogP contribution in [0, 0.1) is 0 Å². The van der Waals surface area contributed by atoms with E-state index in [0.29, 0.717) is 17.8 Å². The summed E-state index contributed by atoms with van der Waals surface area (Å²) in [5, 5.41) is 3.58. The maximum atomic E-state index is 12.2. The number of carbonyl (C=O) groups is 1. The van der Waals surface area contributed by atoms with Crippen LogP contribution in [-0.4, -0.2) is 41.0 Å². The number of carbonyl (C=O) groups excluding carboxylic acids is 1. The summed E-state index contributed by atoms with van der Waals surface area (Å²) in [4.78, 5) is 17.1. The molecule has 2 N–H and O–H groups in total. The van der Waals surface area contributed by atoms with Gasteiger partial charge in [-0.2, -0.15) is 0 Å². The summed E-state index contributed by atoms with van der Waals surface area (Å²) < 4.78 is 0. The Balaban J connectivity index is 1.73. The molecule has 0 saturated carbocycles. The summed E-state index contributed by atoms with van der Waals surface area (Å²) in [6.45, 7) is 1.74. The quantitative estimate of drug-likeness (QED) is 0.739. The number of aromatic nitrogens is 1. The first-order chi connectivity index (χ1) is 7.83. The first kappa shape index (κ1) is 9.90. The third-order valence-electron chi connectivity index (χ3n) is 3.64. The molecule has 4 nitrogen and oxygen atoms in total. The maximum absolute atomic E-state index is 12.2. The van der Waals surface area contributed by atoms with Gasteiger partial charge in [0.15, 0.2) is 0 Å². The Hall–Kier alpha value is -1.29. The van der Waals surface area contributed by atoms with Crippen molar-refractivity contribution in [3.8, 4) is 0 Å². The Bertz CT molecular complexity index is 374. The van der Waals surface area contributed by atoms with Gasteiger partial charge in [0.1, 0.15) is 5.69 Å². The average Bonchev–Trinajstić information content (AvgIpc) is 2.87. The van der Waals surface area contributed by atoms with Crippen LogP contribution < -0.4 is 5.32 Å². The van der Waals surface area contributed by atoms with Gasteiger partial charge in [-0.05, 0) is 31.4 Å². The lowest BCUT2D eigenvalue weighted by molar-refractivity contribution is 0.0743. The van der Waals surface area contributed by atoms with Crippen LogP contribution in [0.5, 0.6) is 0 Å². The zero-order valence-corrected chi connectivity index (χ0v) is 9.28. The fourth-order valence-corrected chi connectivity index (χ4v) is 2.76. The molecule has 2 saturated heterocycles. The second-order valence-corrected chi connectivity index (χ2v) is 4.76. The van der Waals surface area contributed by atoms with Gasteiger partial charge < -0.3 is 15.2 Å². The highest BCUT2D eigenvalue weighted by atomic mass is 16.2. The number of nitrogens with one attached hydrogen (secondary N) is 2. The van der Waals surface area contributed by atoms with Gasteiger partial charge >= 0.3 is 0 Å². The maximum Gasteiger partial charge on any atom is 0.270 e. The highest BCUT2D eigenvalue weighted by Crippen LogP contribution is 2.21. The molecule has 2 aliphatic heterocycles. The predicted molar refractivity (Wildman–Crippen MR) is 61.3 cm³/mol. The molecule has 1 aromatic heterocycles. The van der Waals surface area contributed by atoms with E-state index >= 15 is 0 Å². The van der Waals surface area contributed by atoms with Gasteiger partial charge in [0, 0.05) is 31.4 Å². The first-order valence-corrected chi connectivity index (χ1v) is 6.01. The summed E-state index contributed by atoms with van der Waals surface area (Å²) in [5.41, 5.74) is 0.706. The van der Waals surface area contributed by atoms with Crippen molar-refractivity contribution in [3.63, 3.8) is 0 Å². The topological polar surface area (TPSA) is 48.1 Å². The first-order valence-electron chi connectivity index (χ1n) is 6.01. The number of aromatic amines is 1. The number of hydrogen-bond donors (Lipinski definition) is 2. The molecule has 3 heterocycles. The van der Waals surface area contributed by atoms with Crippen molar-refractivity contribution < 1.29 is 4.79 Å². The summed E-state index contributed by atoms with van der Waals surface area (Å²) in [6.07, 6.45) is 5.37. The highest BCUT2D eigenvalue weighted by molar-refractivity contribution is 5.92. The van der Waals surface area contributed by atoms with Crippen molar-refractivity contribution in [2.24, 2.45) is 0 Å². The highest BCUT2D eigenvalue weighted by Gasteiger charge is 2.31. The number of fused-ring (bicyclic) bond motifs is 2. The third-order valence-corrected chi connectivity index (χ3v) is 3.64. The van der Waals surface area contributed by atoms with Gasteiger partial charge in [0.2, 0.25) is 0 Å². The molecule has 86 valence electrons. The Morgan fingerprint density at radius 3 is 3.00 bits per heavy atom. The molecule has 4 heteroatoms. The molecule has 1 amide bonds. The Kier molecular flexibility index (Phi) is 2.44. The molecule has 2 aliphatic rings. The second-order valence-electron chi connectivity index (χ2n) is 4.76. The van der Waals surface area contributed by atoms with E-state index in [0.717, 1.165) is 19.5 Å². The Morgan fingerprint density at radius 2 is 2.19 bits per heavy atom. The van der Waals surface area contributed by atoms with Gasteiger partial charge in [-0.15, -0.1) is 0 Å². The fourth-order valence-electron chi connectivity index (χ4n) is 2.76. The largest absolute Gasteiger partial charge is 0.357 e. The van der Waals surface area contributed by atoms with Gasteiger partial charge in [-0.1, -0.05) is 0 Å². The van der Waals surface area contributed by atoms with Crippen molar-refractivity contribution in [3.05, 3.63) is 24.0 Å². The molecule has 2 unspecified atom stereocenters. The average molecular weight is 219 g/mol. The molecule has 0 radical (unpaired) electrons. The van der Waals surface area contributed by atoms with Crippen molar-refractivity contribution in [1.82, 2.24) is 15.2 Å². The van der Waals surface area contributed by atoms with Crippen LogP contribution in [0.1, 0.15) is 29.8 Å². The van der Waals surface area contributed by atoms with Gasteiger partial charge in [-0.25, -0.2) is 0 Å². The monoisotopic (exact) mass is 219 g/mol. The summed E-state index contributed by atoms with van der Waals surface area (Å²) in [6, 6.07) is 4.85. The minimum absolute atomic E-state index is 0.138. The smallest absolute Gasteiger partial charge is 0.270 e. The minimum Gasteiger partial charge on any atom is -0.357 e. The lowest BCUT2D eigenvalue weighted by atomic mass is 10.1. The van der Waals surface area contributed by atoms with Crippen LogP contribution in [-0.2, 0) is 0 Å². The van der Waals surface area contributed by atoms with E-state index in [2.05, 4.69) is 10.3 Å². The van der Waals surface area contributed by atoms with Gasteiger partial charge in [0.25, 0.3) is 5.91 Å². The number of hydrogen-bond acceptors (Lipinski definition) is 2. The number of rotatable bonds is 1. The van der Waals surface area contributed by atoms with Crippen molar-refractivity contribution in [2.75, 3.05) is 13.1 Å². The lowest BCUT2D eigenvalue weighted by Crippen LogP contribution is -2.39. The van der Waals surface area contributed by atoms with Crippen LogP contribution in [0.4, 0.5) is 0 Å². The SMILES string of the molecule is O=C(c1ccc[nH]1)N1CCC2CCC(C1)N2. The molecule has 0 aromatic carbocycles. The zero-order valence-electron chi connectivity index (χ0n) is 9.28. The number of amides is 1. The normalized spacial score (nSPS) is 29.1. The van der Waals surface area contributed by atoms with E-state index in [1.165, 1.54) is 12.8 Å². The molecular weight excluding hydrogens is 202 g/mol. The molecule has 0 spiro atoms. The molecule has 3 rings (SSSR count). The van der Waals surface area contributed by atoms with E-state index in [4.69, 9.17) is 0 Å². The second kappa shape index (κ2) is 3.94. The van der Waals surface area contributed by atoms with Crippen molar-refractivity contribution in [2.45, 2.75) is 31.3 Å². The van der Waals surface area contributed by atoms with Crippen LogP contribution in [0.2, 0.25) is 0 Å². The van der Waals surface area contributed by atoms with E-state index < -0.39 is 0 Å². The van der Waals surface area contributed by atoms with Crippen LogP contribution >= 0.6 is 0 Å². The third kappa shape index (κ3) is 1.73. The molecule has 2 fully saturated rings. The summed E-state index contributed by atoms with van der Waals surface area (Å²) in [5.74, 6) is 0.138. The standard InChI is InChI=1S/C12H17N3O/c16-12(11-2-1-6-13-11)15-7-5-9-3-4-10(8-15)14-9/h1-2,6,9-10,13-14H,3-5,7-8H2. The zero-order chi connectivity index (χ0) is 11.0. The van der Waals surface area contributed by atoms with Crippen LogP contribution in [0.15, 0.2) is 18.3 Å². The Morgan fingerprint density at radius 1 is 1.31 bits per heavy atom. The van der Waals surface area contributed by atoms with Gasteiger partial charge in [-0.3, -0.25) is 4.79 Å². The van der Waals surface area contributed by atoms with E-state index in [-0.39, 0.29) is 5.91 Å². The molecule has 16 heavy (non-hydrogen) atoms. The lowest BCUT2D eigenvalue weighted by Gasteiger charge is -2.23.